The van der Waals surface area contributed by atoms with Crippen LogP contribution >= 0.6 is 0 Å². The molecule has 0 unspecified atom stereocenters. The largest absolute Gasteiger partial charge is 0.507 e. The molecule has 0 aliphatic heterocycles. The molecule has 1 aromatic heterocycles. The number of phenols is 1. The van der Waals surface area contributed by atoms with Crippen molar-refractivity contribution in [3.8, 4) is 28.6 Å². The maximum absolute atomic E-state index is 12.5. The first-order chi connectivity index (χ1) is 15.5. The lowest BCUT2D eigenvalue weighted by molar-refractivity contribution is -0.123. The van der Waals surface area contributed by atoms with Gasteiger partial charge in [0.1, 0.15) is 34.0 Å². The fraction of sp³-hybridized carbons (Fsp3) is 0.120. The van der Waals surface area contributed by atoms with Gasteiger partial charge in [0.05, 0.1) is 7.11 Å². The number of ether oxygens (including phenoxy) is 2. The minimum absolute atomic E-state index is 0.0565. The van der Waals surface area contributed by atoms with Crippen LogP contribution in [-0.4, -0.2) is 24.7 Å². The number of rotatable bonds is 7. The summed E-state index contributed by atoms with van der Waals surface area (Å²) in [6, 6.07) is 20.6. The molecule has 4 rings (SSSR count). The van der Waals surface area contributed by atoms with Crippen molar-refractivity contribution in [2.45, 2.75) is 6.54 Å². The SMILES string of the molecule is COc1ccc(CNC(=O)COc2cc(O)c3c(=O)cc(-c4ccccc4)oc3c2)cc1. The number of methoxy groups -OCH3 is 1. The number of hydrogen-bond donors (Lipinski definition) is 2. The Kier molecular flexibility index (Phi) is 6.07. The number of amides is 1. The van der Waals surface area contributed by atoms with Gasteiger partial charge in [-0.05, 0) is 17.7 Å². The lowest BCUT2D eigenvalue weighted by atomic mass is 10.1. The predicted molar refractivity (Wildman–Crippen MR) is 120 cm³/mol. The van der Waals surface area contributed by atoms with Crippen molar-refractivity contribution in [3.63, 3.8) is 0 Å². The van der Waals surface area contributed by atoms with Crippen LogP contribution in [-0.2, 0) is 11.3 Å². The number of carbonyl (C=O) groups excluding carboxylic acids is 1. The van der Waals surface area contributed by atoms with Crippen molar-refractivity contribution in [1.82, 2.24) is 5.32 Å². The number of hydrogen-bond acceptors (Lipinski definition) is 6. The molecular weight excluding hydrogens is 410 g/mol. The van der Waals surface area contributed by atoms with Crippen molar-refractivity contribution in [3.05, 3.63) is 88.6 Å². The van der Waals surface area contributed by atoms with Crippen LogP contribution in [0.15, 0.2) is 82.0 Å². The van der Waals surface area contributed by atoms with Crippen molar-refractivity contribution >= 4 is 16.9 Å². The van der Waals surface area contributed by atoms with Crippen molar-refractivity contribution in [2.24, 2.45) is 0 Å². The predicted octanol–water partition coefficient (Wildman–Crippen LogP) is 3.87. The number of nitrogens with one attached hydrogen (secondary N) is 1. The Bertz CT molecular complexity index is 1300. The summed E-state index contributed by atoms with van der Waals surface area (Å²) in [4.78, 5) is 24.7. The first-order valence-corrected chi connectivity index (χ1v) is 9.92. The molecular formula is C25H21NO6. The van der Waals surface area contributed by atoms with E-state index in [9.17, 15) is 14.7 Å². The van der Waals surface area contributed by atoms with Gasteiger partial charge in [-0.15, -0.1) is 0 Å². The highest BCUT2D eigenvalue weighted by Gasteiger charge is 2.13. The molecule has 0 fully saturated rings. The molecule has 0 saturated carbocycles. The van der Waals surface area contributed by atoms with Crippen LogP contribution < -0.4 is 20.2 Å². The minimum Gasteiger partial charge on any atom is -0.507 e. The topological polar surface area (TPSA) is 98.0 Å². The third kappa shape index (κ3) is 4.73. The number of fused-ring (bicyclic) bond motifs is 1. The fourth-order valence-electron chi connectivity index (χ4n) is 3.22. The Balaban J connectivity index is 1.46. The molecule has 1 amide bonds. The van der Waals surface area contributed by atoms with E-state index in [0.717, 1.165) is 16.9 Å². The van der Waals surface area contributed by atoms with E-state index in [0.29, 0.717) is 12.3 Å². The van der Waals surface area contributed by atoms with Gasteiger partial charge in [0, 0.05) is 30.3 Å². The average molecular weight is 431 g/mol. The molecule has 0 atom stereocenters. The zero-order valence-electron chi connectivity index (χ0n) is 17.3. The van der Waals surface area contributed by atoms with Crippen LogP contribution in [0.2, 0.25) is 0 Å². The zero-order valence-corrected chi connectivity index (χ0v) is 17.3. The molecule has 1 heterocycles. The minimum atomic E-state index is -0.369. The third-order valence-electron chi connectivity index (χ3n) is 4.86. The summed E-state index contributed by atoms with van der Waals surface area (Å²) >= 11 is 0. The van der Waals surface area contributed by atoms with Gasteiger partial charge in [-0.25, -0.2) is 0 Å². The summed E-state index contributed by atoms with van der Waals surface area (Å²) in [6.45, 7) is 0.0776. The van der Waals surface area contributed by atoms with Crippen molar-refractivity contribution in [2.75, 3.05) is 13.7 Å². The molecule has 4 aromatic rings. The second-order valence-electron chi connectivity index (χ2n) is 7.07. The summed E-state index contributed by atoms with van der Waals surface area (Å²) in [5.74, 6) is 0.714. The van der Waals surface area contributed by atoms with Gasteiger partial charge in [-0.2, -0.15) is 0 Å². The molecule has 3 aromatic carbocycles. The maximum Gasteiger partial charge on any atom is 0.258 e. The monoisotopic (exact) mass is 431 g/mol. The van der Waals surface area contributed by atoms with Crippen LogP contribution in [0.1, 0.15) is 5.56 Å². The quantitative estimate of drug-likeness (QED) is 0.461. The van der Waals surface area contributed by atoms with Gasteiger partial charge in [-0.3, -0.25) is 9.59 Å². The standard InChI is InChI=1S/C25H21NO6/c1-30-18-9-7-16(8-10-18)14-26-24(29)15-31-19-11-20(27)25-21(28)13-22(32-23(25)12-19)17-5-3-2-4-6-17/h2-13,27H,14-15H2,1H3,(H,26,29). The molecule has 7 nitrogen and oxygen atoms in total. The molecule has 0 radical (unpaired) electrons. The highest BCUT2D eigenvalue weighted by Crippen LogP contribution is 2.31. The Labute approximate surface area is 183 Å². The van der Waals surface area contributed by atoms with Crippen molar-refractivity contribution in [1.29, 1.82) is 0 Å². The lowest BCUT2D eigenvalue weighted by Crippen LogP contribution is -2.28. The van der Waals surface area contributed by atoms with Gasteiger partial charge in [0.2, 0.25) is 0 Å². The Hall–Kier alpha value is -4.26. The highest BCUT2D eigenvalue weighted by molar-refractivity contribution is 5.86. The van der Waals surface area contributed by atoms with Crippen LogP contribution in [0, 0.1) is 0 Å². The third-order valence-corrected chi connectivity index (χ3v) is 4.86. The zero-order chi connectivity index (χ0) is 22.5. The van der Waals surface area contributed by atoms with Crippen molar-refractivity contribution < 1.29 is 23.8 Å². The Morgan fingerprint density at radius 1 is 1.00 bits per heavy atom. The van der Waals surface area contributed by atoms with E-state index < -0.39 is 0 Å². The molecule has 0 aliphatic rings. The first kappa shape index (κ1) is 21.0. The Morgan fingerprint density at radius 2 is 1.75 bits per heavy atom. The highest BCUT2D eigenvalue weighted by atomic mass is 16.5. The normalized spacial score (nSPS) is 10.7. The van der Waals surface area contributed by atoms with E-state index in [1.807, 2.05) is 54.6 Å². The van der Waals surface area contributed by atoms with E-state index in [1.54, 1.807) is 7.11 Å². The number of benzene rings is 3. The average Bonchev–Trinajstić information content (AvgIpc) is 2.81. The van der Waals surface area contributed by atoms with E-state index in [1.165, 1.54) is 18.2 Å². The summed E-state index contributed by atoms with van der Waals surface area (Å²) in [6.07, 6.45) is 0. The lowest BCUT2D eigenvalue weighted by Gasteiger charge is -2.10. The van der Waals surface area contributed by atoms with E-state index in [2.05, 4.69) is 5.32 Å². The van der Waals surface area contributed by atoms with E-state index >= 15 is 0 Å². The molecule has 2 N–H and O–H groups in total. The van der Waals surface area contributed by atoms with Crippen LogP contribution in [0.5, 0.6) is 17.2 Å². The molecule has 162 valence electrons. The van der Waals surface area contributed by atoms with Gasteiger partial charge >= 0.3 is 0 Å². The van der Waals surface area contributed by atoms with Crippen LogP contribution in [0.3, 0.4) is 0 Å². The number of carbonyl (C=O) groups is 1. The van der Waals surface area contributed by atoms with Gasteiger partial charge in [0.15, 0.2) is 12.0 Å². The summed E-state index contributed by atoms with van der Waals surface area (Å²) in [7, 11) is 1.59. The number of aromatic hydroxyl groups is 1. The van der Waals surface area contributed by atoms with Gasteiger partial charge in [0.25, 0.3) is 5.91 Å². The molecule has 0 bridgehead atoms. The van der Waals surface area contributed by atoms with E-state index in [-0.39, 0.29) is 40.4 Å². The maximum atomic E-state index is 12.5. The second kappa shape index (κ2) is 9.26. The molecule has 0 saturated heterocycles. The van der Waals surface area contributed by atoms with Gasteiger partial charge in [-0.1, -0.05) is 42.5 Å². The van der Waals surface area contributed by atoms with E-state index in [4.69, 9.17) is 13.9 Å². The number of phenolic OH excluding ortho intramolecular Hbond substituents is 1. The van der Waals surface area contributed by atoms with Crippen LogP contribution in [0.4, 0.5) is 0 Å². The summed E-state index contributed by atoms with van der Waals surface area (Å²) in [5.41, 5.74) is 1.45. The fourth-order valence-corrected chi connectivity index (χ4v) is 3.22. The second-order valence-corrected chi connectivity index (χ2v) is 7.07. The molecule has 32 heavy (non-hydrogen) atoms. The first-order valence-electron chi connectivity index (χ1n) is 9.92. The summed E-state index contributed by atoms with van der Waals surface area (Å²) in [5, 5.41) is 13.1. The summed E-state index contributed by atoms with van der Waals surface area (Å²) < 4.78 is 16.5. The van der Waals surface area contributed by atoms with Crippen LogP contribution in [0.25, 0.3) is 22.3 Å². The molecule has 0 spiro atoms. The Morgan fingerprint density at radius 3 is 2.47 bits per heavy atom. The molecule has 7 heteroatoms. The molecule has 0 aliphatic carbocycles. The smallest absolute Gasteiger partial charge is 0.258 e. The van der Waals surface area contributed by atoms with Gasteiger partial charge < -0.3 is 24.3 Å².